The number of nitrogens with one attached hydrogen (secondary N) is 1. The molecule has 0 spiro atoms. The molecule has 8 nitrogen and oxygen atoms in total. The zero-order chi connectivity index (χ0) is 25.7. The molecule has 0 saturated carbocycles. The van der Waals surface area contributed by atoms with Crippen molar-refractivity contribution < 1.29 is 23.9 Å². The van der Waals surface area contributed by atoms with Crippen molar-refractivity contribution in [2.75, 3.05) is 30.5 Å². The van der Waals surface area contributed by atoms with Gasteiger partial charge in [-0.05, 0) is 49.9 Å². The number of thiazole rings is 1. The molecule has 1 aliphatic rings. The molecule has 0 fully saturated rings. The van der Waals surface area contributed by atoms with Crippen LogP contribution in [0.5, 0.6) is 5.75 Å². The molecule has 0 unspecified atom stereocenters. The molecule has 4 rings (SSSR count). The number of carbonyl (C=O) groups excluding carboxylic acids is 3. The summed E-state index contributed by atoms with van der Waals surface area (Å²) in [6.45, 7) is 6.83. The van der Waals surface area contributed by atoms with Crippen molar-refractivity contribution in [3.63, 3.8) is 0 Å². The second-order valence-electron chi connectivity index (χ2n) is 7.95. The monoisotopic (exact) mass is 545 g/mol. The molecule has 0 bridgehead atoms. The maximum atomic E-state index is 12.6. The van der Waals surface area contributed by atoms with Gasteiger partial charge in [0, 0.05) is 11.4 Å². The highest BCUT2D eigenvalue weighted by atomic mass is 32.2. The number of carbonyl (C=O) groups is 3. The van der Waals surface area contributed by atoms with E-state index >= 15 is 0 Å². The number of allylic oxidation sites excluding steroid dienone is 1. The fourth-order valence-electron chi connectivity index (χ4n) is 4.04. The second kappa shape index (κ2) is 11.9. The number of benzene rings is 1. The number of amides is 2. The average molecular weight is 546 g/mol. The van der Waals surface area contributed by atoms with Gasteiger partial charge in [0.25, 0.3) is 5.91 Å². The van der Waals surface area contributed by atoms with Crippen LogP contribution in [0.1, 0.15) is 34.1 Å². The molecule has 1 aromatic carbocycles. The van der Waals surface area contributed by atoms with Crippen molar-refractivity contribution in [2.45, 2.75) is 32.7 Å². The summed E-state index contributed by atoms with van der Waals surface area (Å²) in [6, 6.07) is 5.78. The quantitative estimate of drug-likeness (QED) is 0.299. The van der Waals surface area contributed by atoms with Crippen LogP contribution < -0.4 is 14.9 Å². The van der Waals surface area contributed by atoms with Gasteiger partial charge in [-0.25, -0.2) is 4.79 Å². The van der Waals surface area contributed by atoms with Crippen LogP contribution in [-0.2, 0) is 33.7 Å². The number of hydrogen-bond donors (Lipinski definition) is 1. The first kappa shape index (κ1) is 26.2. The molecule has 0 aliphatic heterocycles. The topological polar surface area (TPSA) is 99.0 Å². The van der Waals surface area contributed by atoms with E-state index in [0.717, 1.165) is 45.7 Å². The molecule has 1 aliphatic carbocycles. The summed E-state index contributed by atoms with van der Waals surface area (Å²) in [6.07, 6.45) is 4.48. The third-order valence-electron chi connectivity index (χ3n) is 5.52. The van der Waals surface area contributed by atoms with Gasteiger partial charge in [-0.15, -0.1) is 29.7 Å². The van der Waals surface area contributed by atoms with Crippen LogP contribution in [0.4, 0.5) is 5.00 Å². The van der Waals surface area contributed by atoms with Gasteiger partial charge < -0.3 is 19.4 Å². The fraction of sp³-hybridized carbons (Fsp3) is 0.360. The molecule has 1 N–H and O–H groups in total. The number of thioether (sulfide) groups is 1. The smallest absolute Gasteiger partial charge is 0.341 e. The van der Waals surface area contributed by atoms with Gasteiger partial charge in [0.1, 0.15) is 10.8 Å². The Bertz CT molecular complexity index is 1390. The highest BCUT2D eigenvalue weighted by molar-refractivity contribution is 8.00. The Balaban J connectivity index is 1.41. The van der Waals surface area contributed by atoms with E-state index in [2.05, 4.69) is 16.9 Å². The van der Waals surface area contributed by atoms with Crippen molar-refractivity contribution in [3.8, 4) is 5.75 Å². The molecule has 11 heteroatoms. The van der Waals surface area contributed by atoms with Crippen LogP contribution in [0.3, 0.4) is 0 Å². The maximum absolute atomic E-state index is 12.6. The van der Waals surface area contributed by atoms with Crippen molar-refractivity contribution >= 4 is 67.4 Å². The number of aryl methyl sites for hydroxylation is 1. The van der Waals surface area contributed by atoms with Crippen LogP contribution >= 0.6 is 34.4 Å². The van der Waals surface area contributed by atoms with E-state index < -0.39 is 5.97 Å². The van der Waals surface area contributed by atoms with Crippen LogP contribution in [0.2, 0.25) is 0 Å². The summed E-state index contributed by atoms with van der Waals surface area (Å²) in [7, 11) is 1.34. The number of anilines is 1. The third kappa shape index (κ3) is 5.74. The summed E-state index contributed by atoms with van der Waals surface area (Å²) in [5.41, 5.74) is 2.39. The molecule has 0 saturated heterocycles. The van der Waals surface area contributed by atoms with E-state index in [9.17, 15) is 14.4 Å². The van der Waals surface area contributed by atoms with Gasteiger partial charge in [-0.2, -0.15) is 4.99 Å². The number of ether oxygens (including phenoxy) is 2. The molecule has 190 valence electrons. The van der Waals surface area contributed by atoms with Gasteiger partial charge in [-0.3, -0.25) is 9.59 Å². The Hall–Kier alpha value is -2.89. The normalized spacial score (nSPS) is 13.0. The number of rotatable bonds is 10. The zero-order valence-electron chi connectivity index (χ0n) is 20.1. The van der Waals surface area contributed by atoms with E-state index in [0.29, 0.717) is 28.5 Å². The SMILES string of the molecule is C=CCn1c(=NC(=O)CSCC(=O)Nc2sc3c(c2C(=O)OC)CCC3)sc2cc(OCC)ccc21. The van der Waals surface area contributed by atoms with Gasteiger partial charge in [-0.1, -0.05) is 17.4 Å². The Labute approximate surface area is 221 Å². The van der Waals surface area contributed by atoms with E-state index in [1.165, 1.54) is 41.5 Å². The molecule has 3 aromatic rings. The van der Waals surface area contributed by atoms with E-state index in [1.807, 2.05) is 29.7 Å². The molecule has 2 amide bonds. The molecule has 0 radical (unpaired) electrons. The van der Waals surface area contributed by atoms with Crippen LogP contribution in [0.25, 0.3) is 10.2 Å². The number of thiophene rings is 1. The van der Waals surface area contributed by atoms with Crippen molar-refractivity contribution in [1.82, 2.24) is 4.57 Å². The molecular weight excluding hydrogens is 518 g/mol. The lowest BCUT2D eigenvalue weighted by molar-refractivity contribution is -0.115. The molecule has 0 atom stereocenters. The Morgan fingerprint density at radius 3 is 2.83 bits per heavy atom. The highest BCUT2D eigenvalue weighted by Crippen LogP contribution is 2.39. The highest BCUT2D eigenvalue weighted by Gasteiger charge is 2.28. The van der Waals surface area contributed by atoms with Crippen LogP contribution in [0.15, 0.2) is 35.8 Å². The van der Waals surface area contributed by atoms with E-state index in [4.69, 9.17) is 9.47 Å². The summed E-state index contributed by atoms with van der Waals surface area (Å²) in [4.78, 5) is 43.4. The first-order valence-electron chi connectivity index (χ1n) is 11.5. The van der Waals surface area contributed by atoms with Crippen molar-refractivity contribution in [2.24, 2.45) is 4.99 Å². The second-order valence-corrected chi connectivity index (χ2v) is 11.0. The van der Waals surface area contributed by atoms with Crippen molar-refractivity contribution in [1.29, 1.82) is 0 Å². The molecular formula is C25H27N3O5S3. The van der Waals surface area contributed by atoms with Gasteiger partial charge >= 0.3 is 5.97 Å². The minimum Gasteiger partial charge on any atom is -0.494 e. The number of methoxy groups -OCH3 is 1. The lowest BCUT2D eigenvalue weighted by Gasteiger charge is -2.06. The number of aromatic nitrogens is 1. The standard InChI is InChI=1S/C25H27N3O5S3/c1-4-11-28-17-10-9-15(33-5-2)12-19(17)36-25(28)27-21(30)14-34-13-20(29)26-23-22(24(31)32-3)16-7-6-8-18(16)35-23/h4,9-10,12H,1,5-8,11,13-14H2,2-3H3,(H,26,29). The number of esters is 1. The van der Waals surface area contributed by atoms with E-state index in [-0.39, 0.29) is 23.3 Å². The lowest BCUT2D eigenvalue weighted by Crippen LogP contribution is -2.19. The Morgan fingerprint density at radius 2 is 2.08 bits per heavy atom. The Kier molecular flexibility index (Phi) is 8.65. The zero-order valence-corrected chi connectivity index (χ0v) is 22.6. The number of hydrogen-bond acceptors (Lipinski definition) is 8. The van der Waals surface area contributed by atoms with E-state index in [1.54, 1.807) is 6.08 Å². The number of nitrogens with zero attached hydrogens (tertiary/aromatic N) is 2. The van der Waals surface area contributed by atoms with Gasteiger partial charge in [0.2, 0.25) is 5.91 Å². The minimum atomic E-state index is -0.434. The maximum Gasteiger partial charge on any atom is 0.341 e. The molecule has 2 heterocycles. The predicted molar refractivity (Wildman–Crippen MR) is 145 cm³/mol. The van der Waals surface area contributed by atoms with Crippen LogP contribution in [0, 0.1) is 0 Å². The summed E-state index contributed by atoms with van der Waals surface area (Å²) in [5, 5.41) is 3.35. The first-order valence-corrected chi connectivity index (χ1v) is 14.3. The molecule has 36 heavy (non-hydrogen) atoms. The van der Waals surface area contributed by atoms with Crippen LogP contribution in [-0.4, -0.2) is 47.6 Å². The van der Waals surface area contributed by atoms with Gasteiger partial charge in [0.05, 0.1) is 41.0 Å². The summed E-state index contributed by atoms with van der Waals surface area (Å²) >= 11 is 4.02. The first-order chi connectivity index (χ1) is 17.4. The summed E-state index contributed by atoms with van der Waals surface area (Å²) in [5.74, 6) is -0.137. The van der Waals surface area contributed by atoms with Gasteiger partial charge in [0.15, 0.2) is 4.80 Å². The summed E-state index contributed by atoms with van der Waals surface area (Å²) < 4.78 is 13.4. The lowest BCUT2D eigenvalue weighted by atomic mass is 10.1. The largest absolute Gasteiger partial charge is 0.494 e. The number of fused-ring (bicyclic) bond motifs is 2. The predicted octanol–water partition coefficient (Wildman–Crippen LogP) is 4.42. The third-order valence-corrected chi connectivity index (χ3v) is 8.69. The van der Waals surface area contributed by atoms with Crippen molar-refractivity contribution in [3.05, 3.63) is 51.7 Å². The average Bonchev–Trinajstić information content (AvgIpc) is 3.52. The minimum absolute atomic E-state index is 0.0603. The molecule has 2 aromatic heterocycles. The fourth-order valence-corrected chi connectivity index (χ4v) is 7.02. The Morgan fingerprint density at radius 1 is 1.25 bits per heavy atom.